The molecule has 1 aromatic rings. The van der Waals surface area contributed by atoms with Gasteiger partial charge in [-0.3, -0.25) is 4.68 Å². The van der Waals surface area contributed by atoms with E-state index < -0.39 is 11.8 Å². The van der Waals surface area contributed by atoms with E-state index in [4.69, 9.17) is 5.11 Å². The van der Waals surface area contributed by atoms with Gasteiger partial charge in [-0.25, -0.2) is 9.18 Å². The Morgan fingerprint density at radius 1 is 1.38 bits per heavy atom. The van der Waals surface area contributed by atoms with E-state index in [1.54, 1.807) is 13.8 Å². The molecule has 0 aliphatic rings. The van der Waals surface area contributed by atoms with E-state index >= 15 is 0 Å². The molecule has 0 saturated carbocycles. The number of carboxylic acid groups (broad SMARTS) is 1. The summed E-state index contributed by atoms with van der Waals surface area (Å²) in [5.74, 6) is -1.15. The van der Waals surface area contributed by atoms with Gasteiger partial charge in [-0.15, -0.1) is 0 Å². The summed E-state index contributed by atoms with van der Waals surface area (Å²) in [6.45, 7) is 10.4. The van der Waals surface area contributed by atoms with Crippen molar-refractivity contribution in [2.75, 3.05) is 0 Å². The van der Waals surface area contributed by atoms with Gasteiger partial charge in [0.05, 0.1) is 5.69 Å². The molecule has 0 spiro atoms. The highest BCUT2D eigenvalue weighted by Gasteiger charge is 2.13. The lowest BCUT2D eigenvalue weighted by Crippen LogP contribution is -2.06. The van der Waals surface area contributed by atoms with Crippen LogP contribution < -0.4 is 0 Å². The van der Waals surface area contributed by atoms with Crippen molar-refractivity contribution in [3.63, 3.8) is 0 Å². The maximum Gasteiger partial charge on any atom is 0.328 e. The maximum atomic E-state index is 14.3. The Balaban J connectivity index is 3.10. The fourth-order valence-electron chi connectivity index (χ4n) is 2.26. The third kappa shape index (κ3) is 5.80. The van der Waals surface area contributed by atoms with Crippen molar-refractivity contribution in [3.05, 3.63) is 47.1 Å². The molecule has 4 nitrogen and oxygen atoms in total. The maximum absolute atomic E-state index is 14.3. The van der Waals surface area contributed by atoms with E-state index in [1.165, 1.54) is 12.2 Å². The molecule has 1 N–H and O–H groups in total. The van der Waals surface area contributed by atoms with E-state index in [-0.39, 0.29) is 0 Å². The molecule has 1 rings (SSSR count). The first kappa shape index (κ1) is 19.9. The second-order valence-corrected chi connectivity index (χ2v) is 6.22. The first-order chi connectivity index (χ1) is 11.3. The number of carbonyl (C=O) groups is 1. The number of unbranched alkanes of at least 4 members (excludes halogenated alkanes) is 1. The van der Waals surface area contributed by atoms with Gasteiger partial charge in [0.25, 0.3) is 0 Å². The number of nitrogens with zero attached hydrogens (tertiary/aromatic N) is 2. The first-order valence-electron chi connectivity index (χ1n) is 8.30. The molecule has 132 valence electrons. The van der Waals surface area contributed by atoms with Crippen LogP contribution in [0.25, 0.3) is 5.57 Å². The van der Waals surface area contributed by atoms with E-state index in [0.717, 1.165) is 31.2 Å². The number of carboxylic acids is 1. The summed E-state index contributed by atoms with van der Waals surface area (Å²) in [6.07, 6.45) is 5.88. The van der Waals surface area contributed by atoms with Crippen molar-refractivity contribution in [1.82, 2.24) is 9.78 Å². The Hall–Kier alpha value is -2.17. The second kappa shape index (κ2) is 9.21. The van der Waals surface area contributed by atoms with Gasteiger partial charge in [-0.1, -0.05) is 33.3 Å². The van der Waals surface area contributed by atoms with Gasteiger partial charge < -0.3 is 5.11 Å². The fraction of sp³-hybridized carbons (Fsp3) is 0.474. The van der Waals surface area contributed by atoms with Crippen LogP contribution in [0.5, 0.6) is 0 Å². The molecule has 0 atom stereocenters. The summed E-state index contributed by atoms with van der Waals surface area (Å²) >= 11 is 0. The predicted molar refractivity (Wildman–Crippen MR) is 95.5 cm³/mol. The molecule has 1 aromatic heterocycles. The highest BCUT2D eigenvalue weighted by Crippen LogP contribution is 2.24. The van der Waals surface area contributed by atoms with Crippen molar-refractivity contribution in [3.8, 4) is 0 Å². The molecule has 0 aliphatic heterocycles. The topological polar surface area (TPSA) is 55.1 Å². The van der Waals surface area contributed by atoms with Gasteiger partial charge in [0.2, 0.25) is 0 Å². The zero-order valence-corrected chi connectivity index (χ0v) is 15.1. The molecular weight excluding hydrogens is 307 g/mol. The largest absolute Gasteiger partial charge is 0.478 e. The molecule has 0 saturated heterocycles. The molecule has 0 amide bonds. The molecule has 0 fully saturated rings. The predicted octanol–water partition coefficient (Wildman–Crippen LogP) is 5.09. The summed E-state index contributed by atoms with van der Waals surface area (Å²) < 4.78 is 16.3. The number of allylic oxidation sites excluding steroid dienone is 5. The number of hydrogen-bond donors (Lipinski definition) is 1. The van der Waals surface area contributed by atoms with Crippen molar-refractivity contribution in [2.45, 2.75) is 59.9 Å². The Kier molecular flexibility index (Phi) is 7.62. The summed E-state index contributed by atoms with van der Waals surface area (Å²) in [4.78, 5) is 10.6. The minimum Gasteiger partial charge on any atom is -0.478 e. The van der Waals surface area contributed by atoms with Crippen LogP contribution in [0.1, 0.15) is 64.8 Å². The fourth-order valence-corrected chi connectivity index (χ4v) is 2.26. The van der Waals surface area contributed by atoms with Crippen LogP contribution in [-0.2, 0) is 11.3 Å². The molecule has 1 heterocycles. The Morgan fingerprint density at radius 3 is 2.58 bits per heavy atom. The molecular formula is C19H27FN2O2. The summed E-state index contributed by atoms with van der Waals surface area (Å²) in [7, 11) is 0. The highest BCUT2D eigenvalue weighted by atomic mass is 19.1. The molecule has 0 radical (unpaired) electrons. The van der Waals surface area contributed by atoms with Crippen LogP contribution in [-0.4, -0.2) is 20.9 Å². The average Bonchev–Trinajstić information content (AvgIpc) is 2.93. The van der Waals surface area contributed by atoms with Crippen LogP contribution in [0.4, 0.5) is 4.39 Å². The van der Waals surface area contributed by atoms with E-state index in [0.29, 0.717) is 22.8 Å². The summed E-state index contributed by atoms with van der Waals surface area (Å²) in [5.41, 5.74) is 2.64. The Bertz CT molecular complexity index is 667. The lowest BCUT2D eigenvalue weighted by atomic mass is 10.1. The minimum absolute atomic E-state index is 0.315. The smallest absolute Gasteiger partial charge is 0.328 e. The summed E-state index contributed by atoms with van der Waals surface area (Å²) in [6, 6.07) is 1.93. The molecule has 0 unspecified atom stereocenters. The number of aromatic nitrogens is 2. The molecule has 5 heteroatoms. The Morgan fingerprint density at radius 2 is 2.04 bits per heavy atom. The van der Waals surface area contributed by atoms with Gasteiger partial charge in [-0.2, -0.15) is 5.10 Å². The van der Waals surface area contributed by atoms with Gasteiger partial charge in [-0.05, 0) is 43.9 Å². The highest BCUT2D eigenvalue weighted by molar-refractivity contribution is 5.81. The van der Waals surface area contributed by atoms with Crippen LogP contribution >= 0.6 is 0 Å². The summed E-state index contributed by atoms with van der Waals surface area (Å²) in [5, 5.41) is 13.2. The van der Waals surface area contributed by atoms with Gasteiger partial charge in [0.1, 0.15) is 5.83 Å². The SMILES string of the molecule is CCCCn1nc(\C(C)=C(F)/C=C/C(C)=C/C(=O)O)cc1C(C)C. The van der Waals surface area contributed by atoms with Crippen molar-refractivity contribution >= 4 is 11.5 Å². The standard InChI is InChI=1S/C19H27FN2O2/c1-6-7-10-22-18(13(2)3)12-17(21-22)15(5)16(20)9-8-14(4)11-19(23)24/h8-9,11-13H,6-7,10H2,1-5H3,(H,23,24)/b9-8+,14-11+,16-15+. The van der Waals surface area contributed by atoms with Gasteiger partial charge >= 0.3 is 5.97 Å². The number of hydrogen-bond acceptors (Lipinski definition) is 2. The molecule has 0 aromatic carbocycles. The Labute approximate surface area is 143 Å². The molecule has 0 bridgehead atoms. The van der Waals surface area contributed by atoms with E-state index in [2.05, 4.69) is 25.9 Å². The normalized spacial score (nSPS) is 13.7. The quantitative estimate of drug-likeness (QED) is 0.532. The molecule has 0 aliphatic carbocycles. The van der Waals surface area contributed by atoms with Crippen LogP contribution in [0.15, 0.2) is 35.7 Å². The van der Waals surface area contributed by atoms with Crippen molar-refractivity contribution < 1.29 is 14.3 Å². The second-order valence-electron chi connectivity index (χ2n) is 6.22. The van der Waals surface area contributed by atoms with Crippen LogP contribution in [0.3, 0.4) is 0 Å². The minimum atomic E-state index is -1.05. The van der Waals surface area contributed by atoms with Crippen LogP contribution in [0.2, 0.25) is 0 Å². The van der Waals surface area contributed by atoms with Gasteiger partial charge in [0, 0.05) is 23.9 Å². The lowest BCUT2D eigenvalue weighted by Gasteiger charge is -2.08. The third-order valence-corrected chi connectivity index (χ3v) is 3.71. The average molecular weight is 334 g/mol. The van der Waals surface area contributed by atoms with Crippen LogP contribution in [0, 0.1) is 0 Å². The van der Waals surface area contributed by atoms with E-state index in [1.807, 2.05) is 10.7 Å². The van der Waals surface area contributed by atoms with E-state index in [9.17, 15) is 9.18 Å². The molecule has 24 heavy (non-hydrogen) atoms. The monoisotopic (exact) mass is 334 g/mol. The number of aliphatic carboxylic acids is 1. The zero-order valence-electron chi connectivity index (χ0n) is 15.1. The third-order valence-electron chi connectivity index (χ3n) is 3.71. The van der Waals surface area contributed by atoms with Gasteiger partial charge in [0.15, 0.2) is 0 Å². The number of aryl methyl sites for hydroxylation is 1. The number of rotatable bonds is 8. The van der Waals surface area contributed by atoms with Crippen molar-refractivity contribution in [2.24, 2.45) is 0 Å². The zero-order chi connectivity index (χ0) is 18.3. The van der Waals surface area contributed by atoms with Crippen molar-refractivity contribution in [1.29, 1.82) is 0 Å². The first-order valence-corrected chi connectivity index (χ1v) is 8.30. The number of halogens is 1. The lowest BCUT2D eigenvalue weighted by molar-refractivity contribution is -0.131.